The molecular weight excluding hydrogens is 244 g/mol. The van der Waals surface area contributed by atoms with Crippen LogP contribution in [0.4, 0.5) is 0 Å². The van der Waals surface area contributed by atoms with Crippen molar-refractivity contribution in [3.63, 3.8) is 0 Å². The Kier molecular flexibility index (Phi) is 15.1. The highest BCUT2D eigenvalue weighted by Gasteiger charge is 1.92. The maximum absolute atomic E-state index is 10.8. The summed E-state index contributed by atoms with van der Waals surface area (Å²) in [6.07, 6.45) is 24.8. The van der Waals surface area contributed by atoms with Crippen LogP contribution in [0.5, 0.6) is 0 Å². The summed E-state index contributed by atoms with van der Waals surface area (Å²) in [7, 11) is 0. The molecule has 0 fully saturated rings. The molecule has 0 aromatic rings. The normalized spacial score (nSPS) is 12.1. The van der Waals surface area contributed by atoms with Gasteiger partial charge in [-0.1, -0.05) is 49.8 Å². The third-order valence-corrected chi connectivity index (χ3v) is 3.15. The Morgan fingerprint density at radius 3 is 2.00 bits per heavy atom. The molecule has 114 valence electrons. The quantitative estimate of drug-likeness (QED) is 0.290. The van der Waals surface area contributed by atoms with E-state index in [9.17, 15) is 4.79 Å². The molecule has 0 aliphatic heterocycles. The lowest BCUT2D eigenvalue weighted by Gasteiger charge is -1.96. The van der Waals surface area contributed by atoms with Crippen LogP contribution in [0.1, 0.15) is 78.1 Å². The number of hydrogen-bond donors (Lipinski definition) is 0. The molecule has 0 atom stereocenters. The average Bonchev–Trinajstić information content (AvgIpc) is 2.43. The smallest absolute Gasteiger partial charge is 0.129 e. The van der Waals surface area contributed by atoms with Crippen molar-refractivity contribution < 1.29 is 4.79 Å². The van der Waals surface area contributed by atoms with Crippen LogP contribution in [0, 0.1) is 0 Å². The Bertz CT molecular complexity index is 297. The molecule has 0 saturated heterocycles. The molecule has 0 aliphatic rings. The highest BCUT2D eigenvalue weighted by molar-refractivity contribution is 5.75. The predicted molar refractivity (Wildman–Crippen MR) is 89.9 cm³/mol. The van der Waals surface area contributed by atoms with Gasteiger partial charge in [-0.15, -0.1) is 0 Å². The largest absolute Gasteiger partial charge is 0.300 e. The van der Waals surface area contributed by atoms with Gasteiger partial charge in [0.05, 0.1) is 0 Å². The van der Waals surface area contributed by atoms with Crippen LogP contribution in [-0.2, 0) is 4.79 Å². The van der Waals surface area contributed by atoms with Crippen molar-refractivity contribution in [2.24, 2.45) is 0 Å². The maximum Gasteiger partial charge on any atom is 0.129 e. The summed E-state index contributed by atoms with van der Waals surface area (Å²) in [5.74, 6) is 0.318. The van der Waals surface area contributed by atoms with Crippen LogP contribution in [0.2, 0.25) is 0 Å². The van der Waals surface area contributed by atoms with Crippen LogP contribution in [0.15, 0.2) is 36.5 Å². The molecule has 0 aliphatic carbocycles. The van der Waals surface area contributed by atoms with Gasteiger partial charge in [-0.3, -0.25) is 0 Å². The molecule has 0 heterocycles. The minimum absolute atomic E-state index is 0.318. The number of allylic oxidation sites excluding steroid dienone is 6. The van der Waals surface area contributed by atoms with Gasteiger partial charge in [0.2, 0.25) is 0 Å². The van der Waals surface area contributed by atoms with Crippen molar-refractivity contribution in [2.75, 3.05) is 0 Å². The minimum atomic E-state index is 0.318. The van der Waals surface area contributed by atoms with Gasteiger partial charge in [0.1, 0.15) is 5.78 Å². The van der Waals surface area contributed by atoms with Crippen LogP contribution >= 0.6 is 0 Å². The van der Waals surface area contributed by atoms with Gasteiger partial charge in [-0.05, 0) is 58.3 Å². The Balaban J connectivity index is 3.23. The molecule has 0 bridgehead atoms. The van der Waals surface area contributed by atoms with Crippen LogP contribution in [0.25, 0.3) is 0 Å². The molecule has 20 heavy (non-hydrogen) atoms. The maximum atomic E-state index is 10.8. The third-order valence-electron chi connectivity index (χ3n) is 3.15. The molecule has 0 N–H and O–H groups in total. The first-order valence-corrected chi connectivity index (χ1v) is 8.21. The van der Waals surface area contributed by atoms with Gasteiger partial charge >= 0.3 is 0 Å². The highest BCUT2D eigenvalue weighted by Crippen LogP contribution is 2.05. The van der Waals surface area contributed by atoms with Crippen LogP contribution < -0.4 is 0 Å². The fraction of sp³-hybridized carbons (Fsp3) is 0.632. The molecule has 0 aromatic heterocycles. The second-order valence-corrected chi connectivity index (χ2v) is 5.29. The van der Waals surface area contributed by atoms with E-state index in [1.165, 1.54) is 32.1 Å². The molecular formula is C19H32O. The summed E-state index contributed by atoms with van der Waals surface area (Å²) in [5, 5.41) is 0. The second kappa shape index (κ2) is 15.9. The lowest BCUT2D eigenvalue weighted by molar-refractivity contribution is -0.117. The number of unbranched alkanes of at least 4 members (excludes halogenated alkanes) is 5. The number of carbonyl (C=O) groups is 1. The summed E-state index contributed by atoms with van der Waals surface area (Å²) in [6.45, 7) is 3.84. The summed E-state index contributed by atoms with van der Waals surface area (Å²) >= 11 is 0. The average molecular weight is 276 g/mol. The van der Waals surface area contributed by atoms with E-state index >= 15 is 0 Å². The van der Waals surface area contributed by atoms with E-state index in [1.807, 2.05) is 0 Å². The van der Waals surface area contributed by atoms with Gasteiger partial charge in [-0.2, -0.15) is 0 Å². The first-order valence-electron chi connectivity index (χ1n) is 8.21. The highest BCUT2D eigenvalue weighted by atomic mass is 16.1. The van der Waals surface area contributed by atoms with Crippen LogP contribution in [-0.4, -0.2) is 5.78 Å². The van der Waals surface area contributed by atoms with Gasteiger partial charge in [-0.25, -0.2) is 0 Å². The molecule has 0 saturated carbocycles. The molecule has 1 heteroatoms. The van der Waals surface area contributed by atoms with E-state index in [4.69, 9.17) is 0 Å². The lowest BCUT2D eigenvalue weighted by Crippen LogP contribution is -1.88. The zero-order chi connectivity index (χ0) is 14.9. The van der Waals surface area contributed by atoms with Crippen molar-refractivity contribution in [1.29, 1.82) is 0 Å². The Morgan fingerprint density at radius 1 is 0.750 bits per heavy atom. The van der Waals surface area contributed by atoms with Crippen molar-refractivity contribution >= 4 is 5.78 Å². The predicted octanol–water partition coefficient (Wildman–Crippen LogP) is 6.16. The van der Waals surface area contributed by atoms with Gasteiger partial charge in [0.15, 0.2) is 0 Å². The number of carbonyl (C=O) groups excluding carboxylic acids is 1. The van der Waals surface area contributed by atoms with Crippen molar-refractivity contribution in [3.05, 3.63) is 36.5 Å². The molecule has 0 radical (unpaired) electrons. The molecule has 0 unspecified atom stereocenters. The van der Waals surface area contributed by atoms with E-state index < -0.39 is 0 Å². The third kappa shape index (κ3) is 16.9. The van der Waals surface area contributed by atoms with Gasteiger partial charge in [0.25, 0.3) is 0 Å². The Labute approximate surface area is 125 Å². The van der Waals surface area contributed by atoms with Crippen molar-refractivity contribution in [2.45, 2.75) is 78.1 Å². The van der Waals surface area contributed by atoms with Crippen molar-refractivity contribution in [3.8, 4) is 0 Å². The summed E-state index contributed by atoms with van der Waals surface area (Å²) < 4.78 is 0. The molecule has 0 amide bonds. The van der Waals surface area contributed by atoms with E-state index in [2.05, 4.69) is 43.4 Å². The van der Waals surface area contributed by atoms with E-state index in [0.717, 1.165) is 32.1 Å². The first kappa shape index (κ1) is 18.9. The minimum Gasteiger partial charge on any atom is -0.300 e. The van der Waals surface area contributed by atoms with E-state index in [-0.39, 0.29) is 0 Å². The molecule has 0 spiro atoms. The summed E-state index contributed by atoms with van der Waals surface area (Å²) in [5.41, 5.74) is 0. The number of rotatable bonds is 13. The zero-order valence-electron chi connectivity index (χ0n) is 13.4. The standard InChI is InChI=1S/C19H32O/c1-3-4-5-6-7-8-9-10-11-12-13-14-15-16-17-18-19(2)20/h4-5,7-8,12-13H,3,6,9-11,14-18H2,1-2H3/b5-4-,8-7-,13-12-. The van der Waals surface area contributed by atoms with E-state index in [0.29, 0.717) is 5.78 Å². The first-order chi connectivity index (χ1) is 9.77. The van der Waals surface area contributed by atoms with Gasteiger partial charge in [0, 0.05) is 6.42 Å². The fourth-order valence-corrected chi connectivity index (χ4v) is 1.96. The lowest BCUT2D eigenvalue weighted by atomic mass is 10.1. The molecule has 0 rings (SSSR count). The summed E-state index contributed by atoms with van der Waals surface area (Å²) in [4.78, 5) is 10.8. The fourth-order valence-electron chi connectivity index (χ4n) is 1.96. The SMILES string of the molecule is CC/C=C\C/C=C\CCC/C=C\CCCCCC(C)=O. The Morgan fingerprint density at radius 2 is 1.35 bits per heavy atom. The van der Waals surface area contributed by atoms with Crippen molar-refractivity contribution in [1.82, 2.24) is 0 Å². The van der Waals surface area contributed by atoms with Gasteiger partial charge < -0.3 is 4.79 Å². The molecule has 0 aromatic carbocycles. The zero-order valence-corrected chi connectivity index (χ0v) is 13.4. The number of Topliss-reactive ketones (excluding diaryl/α,β-unsaturated/α-hetero) is 1. The summed E-state index contributed by atoms with van der Waals surface area (Å²) in [6, 6.07) is 0. The second-order valence-electron chi connectivity index (χ2n) is 5.29. The number of hydrogen-bond acceptors (Lipinski definition) is 1. The molecule has 1 nitrogen and oxygen atoms in total. The Hall–Kier alpha value is -1.11. The topological polar surface area (TPSA) is 17.1 Å². The van der Waals surface area contributed by atoms with E-state index in [1.54, 1.807) is 6.92 Å². The monoisotopic (exact) mass is 276 g/mol. The van der Waals surface area contributed by atoms with Crippen LogP contribution in [0.3, 0.4) is 0 Å². The number of ketones is 1.